The Labute approximate surface area is 138 Å². The normalized spacial score (nSPS) is 16.8. The number of hydrogen-bond donors (Lipinski definition) is 1. The summed E-state index contributed by atoms with van der Waals surface area (Å²) in [6.45, 7) is 7.39. The summed E-state index contributed by atoms with van der Waals surface area (Å²) < 4.78 is 27.3. The fraction of sp³-hybridized carbons (Fsp3) is 0.529. The monoisotopic (exact) mass is 330 g/mol. The number of rotatable bonds is 7. The zero-order chi connectivity index (χ0) is 15.1. The van der Waals surface area contributed by atoms with E-state index in [-0.39, 0.29) is 18.4 Å². The van der Waals surface area contributed by atoms with Crippen molar-refractivity contribution in [1.82, 2.24) is 10.2 Å². The van der Waals surface area contributed by atoms with Gasteiger partial charge in [-0.25, -0.2) is 8.78 Å². The van der Waals surface area contributed by atoms with E-state index in [9.17, 15) is 8.78 Å². The lowest BCUT2D eigenvalue weighted by Gasteiger charge is -2.35. The minimum Gasteiger partial charge on any atom is -0.314 e. The average Bonchev–Trinajstić information content (AvgIpc) is 2.49. The third-order valence-corrected chi connectivity index (χ3v) is 4.05. The summed E-state index contributed by atoms with van der Waals surface area (Å²) >= 11 is 0. The van der Waals surface area contributed by atoms with Gasteiger partial charge in [-0.1, -0.05) is 18.6 Å². The van der Waals surface area contributed by atoms with Crippen LogP contribution >= 0.6 is 12.4 Å². The van der Waals surface area contributed by atoms with E-state index in [1.54, 1.807) is 6.07 Å². The number of piperazine rings is 1. The van der Waals surface area contributed by atoms with E-state index in [0.717, 1.165) is 57.9 Å². The summed E-state index contributed by atoms with van der Waals surface area (Å²) in [5, 5.41) is 3.31. The number of halogens is 3. The van der Waals surface area contributed by atoms with Crippen molar-refractivity contribution in [3.05, 3.63) is 48.1 Å². The van der Waals surface area contributed by atoms with Gasteiger partial charge in [-0.05, 0) is 25.3 Å². The van der Waals surface area contributed by atoms with Gasteiger partial charge in [0.2, 0.25) is 0 Å². The van der Waals surface area contributed by atoms with Crippen molar-refractivity contribution in [1.29, 1.82) is 0 Å². The molecular weight excluding hydrogens is 306 g/mol. The quantitative estimate of drug-likeness (QED) is 0.598. The van der Waals surface area contributed by atoms with Gasteiger partial charge in [0.25, 0.3) is 0 Å². The molecule has 1 aromatic carbocycles. The van der Waals surface area contributed by atoms with Crippen LogP contribution in [0.4, 0.5) is 8.78 Å². The third-order valence-electron chi connectivity index (χ3n) is 4.05. The average molecular weight is 331 g/mol. The second-order valence-corrected chi connectivity index (χ2v) is 5.54. The van der Waals surface area contributed by atoms with E-state index < -0.39 is 11.6 Å². The Balaban J connectivity index is 0.00000242. The molecule has 0 saturated carbocycles. The SMILES string of the molecule is C=CCCCC[C@H](c1ccc(F)cc1F)N1CCNCC1.Cl. The van der Waals surface area contributed by atoms with E-state index in [1.807, 2.05) is 6.08 Å². The summed E-state index contributed by atoms with van der Waals surface area (Å²) in [6.07, 6.45) is 5.89. The predicted molar refractivity (Wildman–Crippen MR) is 89.5 cm³/mol. The molecule has 124 valence electrons. The van der Waals surface area contributed by atoms with Crippen LogP contribution in [0, 0.1) is 11.6 Å². The molecule has 0 aromatic heterocycles. The number of nitrogens with zero attached hydrogens (tertiary/aromatic N) is 1. The smallest absolute Gasteiger partial charge is 0.130 e. The van der Waals surface area contributed by atoms with Gasteiger partial charge in [0.05, 0.1) is 0 Å². The van der Waals surface area contributed by atoms with Crippen molar-refractivity contribution in [2.75, 3.05) is 26.2 Å². The van der Waals surface area contributed by atoms with Crippen molar-refractivity contribution in [3.63, 3.8) is 0 Å². The fourth-order valence-electron chi connectivity index (χ4n) is 2.93. The molecule has 2 nitrogen and oxygen atoms in total. The topological polar surface area (TPSA) is 15.3 Å². The maximum absolute atomic E-state index is 14.1. The van der Waals surface area contributed by atoms with E-state index in [4.69, 9.17) is 0 Å². The van der Waals surface area contributed by atoms with Gasteiger partial charge >= 0.3 is 0 Å². The molecule has 1 atom stereocenters. The lowest BCUT2D eigenvalue weighted by Crippen LogP contribution is -2.45. The molecule has 0 radical (unpaired) electrons. The van der Waals surface area contributed by atoms with Crippen molar-refractivity contribution < 1.29 is 8.78 Å². The molecule has 0 amide bonds. The molecule has 1 heterocycles. The Bertz CT molecular complexity index is 462. The first kappa shape index (κ1) is 19.1. The van der Waals surface area contributed by atoms with E-state index >= 15 is 0 Å². The fourth-order valence-corrected chi connectivity index (χ4v) is 2.93. The Kier molecular flexibility index (Phi) is 8.61. The maximum atomic E-state index is 14.1. The first-order valence-electron chi connectivity index (χ1n) is 7.73. The maximum Gasteiger partial charge on any atom is 0.130 e. The first-order chi connectivity index (χ1) is 10.2. The van der Waals surface area contributed by atoms with Gasteiger partial charge in [0, 0.05) is 43.9 Å². The summed E-state index contributed by atoms with van der Waals surface area (Å²) in [5.74, 6) is -0.941. The van der Waals surface area contributed by atoms with E-state index in [2.05, 4.69) is 16.8 Å². The molecule has 1 fully saturated rings. The van der Waals surface area contributed by atoms with Crippen LogP contribution < -0.4 is 5.32 Å². The largest absolute Gasteiger partial charge is 0.314 e. The molecule has 0 aliphatic carbocycles. The number of nitrogens with one attached hydrogen (secondary N) is 1. The highest BCUT2D eigenvalue weighted by Gasteiger charge is 2.24. The van der Waals surface area contributed by atoms with Crippen LogP contribution in [0.2, 0.25) is 0 Å². The molecule has 22 heavy (non-hydrogen) atoms. The Morgan fingerprint density at radius 3 is 2.59 bits per heavy atom. The zero-order valence-electron chi connectivity index (χ0n) is 12.9. The highest BCUT2D eigenvalue weighted by Crippen LogP contribution is 2.29. The van der Waals surface area contributed by atoms with Gasteiger partial charge < -0.3 is 5.32 Å². The molecule has 1 aliphatic rings. The second-order valence-electron chi connectivity index (χ2n) is 5.54. The molecule has 5 heteroatoms. The Morgan fingerprint density at radius 1 is 1.23 bits per heavy atom. The zero-order valence-corrected chi connectivity index (χ0v) is 13.7. The molecule has 0 bridgehead atoms. The number of allylic oxidation sites excluding steroid dienone is 1. The molecule has 1 saturated heterocycles. The standard InChI is InChI=1S/C17H24F2N2.ClH/c1-2-3-4-5-6-17(21-11-9-20-10-12-21)15-8-7-14(18)13-16(15)19;/h2,7-8,13,17,20H,1,3-6,9-12H2;1H/t17-;/m1./s1. The lowest BCUT2D eigenvalue weighted by atomic mass is 9.97. The molecule has 1 N–H and O–H groups in total. The van der Waals surface area contributed by atoms with Crippen LogP contribution in [0.3, 0.4) is 0 Å². The van der Waals surface area contributed by atoms with Gasteiger partial charge in [-0.3, -0.25) is 4.90 Å². The van der Waals surface area contributed by atoms with Gasteiger partial charge in [0.15, 0.2) is 0 Å². The van der Waals surface area contributed by atoms with E-state index in [0.29, 0.717) is 5.56 Å². The Hall–Kier alpha value is -0.970. The van der Waals surface area contributed by atoms with Crippen LogP contribution in [0.25, 0.3) is 0 Å². The lowest BCUT2D eigenvalue weighted by molar-refractivity contribution is 0.159. The molecule has 2 rings (SSSR count). The molecule has 0 spiro atoms. The van der Waals surface area contributed by atoms with Crippen molar-refractivity contribution in [2.45, 2.75) is 31.7 Å². The Morgan fingerprint density at radius 2 is 1.95 bits per heavy atom. The van der Waals surface area contributed by atoms with Crippen molar-refractivity contribution in [3.8, 4) is 0 Å². The highest BCUT2D eigenvalue weighted by atomic mass is 35.5. The predicted octanol–water partition coefficient (Wildman–Crippen LogP) is 4.08. The van der Waals surface area contributed by atoms with Crippen molar-refractivity contribution in [2.24, 2.45) is 0 Å². The number of benzene rings is 1. The summed E-state index contributed by atoms with van der Waals surface area (Å²) in [7, 11) is 0. The molecule has 1 aromatic rings. The molecule has 0 unspecified atom stereocenters. The van der Waals surface area contributed by atoms with Gasteiger partial charge in [-0.15, -0.1) is 19.0 Å². The summed E-state index contributed by atoms with van der Waals surface area (Å²) in [4.78, 5) is 2.31. The van der Waals surface area contributed by atoms with Crippen LogP contribution in [-0.4, -0.2) is 31.1 Å². The van der Waals surface area contributed by atoms with Crippen molar-refractivity contribution >= 4 is 12.4 Å². The molecule has 1 aliphatic heterocycles. The first-order valence-corrected chi connectivity index (χ1v) is 7.73. The third kappa shape index (κ3) is 5.34. The van der Waals surface area contributed by atoms with Crippen LogP contribution in [0.15, 0.2) is 30.9 Å². The van der Waals surface area contributed by atoms with Gasteiger partial charge in [0.1, 0.15) is 11.6 Å². The van der Waals surface area contributed by atoms with Crippen LogP contribution in [-0.2, 0) is 0 Å². The minimum atomic E-state index is -0.512. The van der Waals surface area contributed by atoms with E-state index in [1.165, 1.54) is 6.07 Å². The minimum absolute atomic E-state index is 0. The van der Waals surface area contributed by atoms with Crippen LogP contribution in [0.5, 0.6) is 0 Å². The van der Waals surface area contributed by atoms with Gasteiger partial charge in [-0.2, -0.15) is 0 Å². The number of hydrogen-bond acceptors (Lipinski definition) is 2. The summed E-state index contributed by atoms with van der Waals surface area (Å²) in [6, 6.07) is 3.99. The second kappa shape index (κ2) is 9.93. The highest BCUT2D eigenvalue weighted by molar-refractivity contribution is 5.85. The summed E-state index contributed by atoms with van der Waals surface area (Å²) in [5.41, 5.74) is 0.622. The van der Waals surface area contributed by atoms with Crippen LogP contribution in [0.1, 0.15) is 37.3 Å². The number of unbranched alkanes of at least 4 members (excludes halogenated alkanes) is 2. The molecular formula is C17H25ClF2N2.